The summed E-state index contributed by atoms with van der Waals surface area (Å²) in [7, 11) is -3.42. The SMILES string of the molecule is Cc1ccc(=O)n(CCNS(=O)(=O)Cc2ccccc2)n1. The van der Waals surface area contributed by atoms with Crippen LogP contribution in [0.15, 0.2) is 47.3 Å². The zero-order chi connectivity index (χ0) is 15.3. The van der Waals surface area contributed by atoms with Crippen molar-refractivity contribution < 1.29 is 8.42 Å². The topological polar surface area (TPSA) is 81.1 Å². The van der Waals surface area contributed by atoms with Crippen molar-refractivity contribution in [1.82, 2.24) is 14.5 Å². The number of sulfonamides is 1. The summed E-state index contributed by atoms with van der Waals surface area (Å²) < 4.78 is 27.6. The highest BCUT2D eigenvalue weighted by atomic mass is 32.2. The molecule has 112 valence electrons. The average Bonchev–Trinajstić information content (AvgIpc) is 2.43. The smallest absolute Gasteiger partial charge is 0.266 e. The molecule has 2 rings (SSSR count). The monoisotopic (exact) mass is 307 g/mol. The minimum atomic E-state index is -3.42. The molecule has 0 saturated heterocycles. The third-order valence-corrected chi connectivity index (χ3v) is 4.20. The summed E-state index contributed by atoms with van der Waals surface area (Å²) in [5.74, 6) is -0.0794. The van der Waals surface area contributed by atoms with E-state index in [1.165, 1.54) is 10.7 Å². The summed E-state index contributed by atoms with van der Waals surface area (Å²) in [5, 5.41) is 4.05. The van der Waals surface area contributed by atoms with Crippen LogP contribution in [-0.2, 0) is 22.3 Å². The lowest BCUT2D eigenvalue weighted by atomic mass is 10.2. The summed E-state index contributed by atoms with van der Waals surface area (Å²) in [6.07, 6.45) is 0. The number of benzene rings is 1. The molecule has 0 aliphatic rings. The molecule has 0 fully saturated rings. The molecular weight excluding hydrogens is 290 g/mol. The van der Waals surface area contributed by atoms with Crippen molar-refractivity contribution in [3.8, 4) is 0 Å². The first-order chi connectivity index (χ1) is 9.96. The van der Waals surface area contributed by atoms with Crippen LogP contribution in [-0.4, -0.2) is 24.7 Å². The van der Waals surface area contributed by atoms with Crippen molar-refractivity contribution in [2.75, 3.05) is 6.54 Å². The fourth-order valence-corrected chi connectivity index (χ4v) is 3.00. The molecule has 2 aromatic rings. The third-order valence-electron chi connectivity index (χ3n) is 2.85. The standard InChI is InChI=1S/C14H17N3O3S/c1-12-7-8-14(18)17(16-12)10-9-15-21(19,20)11-13-5-3-2-4-6-13/h2-8,15H,9-11H2,1H3. The van der Waals surface area contributed by atoms with Crippen molar-refractivity contribution in [3.05, 3.63) is 64.1 Å². The molecule has 0 aliphatic carbocycles. The Bertz CT molecular complexity index is 755. The fraction of sp³-hybridized carbons (Fsp3) is 0.286. The minimum Gasteiger partial charge on any atom is -0.268 e. The fourth-order valence-electron chi connectivity index (χ4n) is 1.86. The third kappa shape index (κ3) is 4.80. The van der Waals surface area contributed by atoms with Gasteiger partial charge in [0.2, 0.25) is 10.0 Å². The lowest BCUT2D eigenvalue weighted by Gasteiger charge is -2.08. The van der Waals surface area contributed by atoms with Gasteiger partial charge in [-0.05, 0) is 18.6 Å². The maximum atomic E-state index is 11.9. The first-order valence-electron chi connectivity index (χ1n) is 6.52. The molecule has 0 unspecified atom stereocenters. The molecule has 1 heterocycles. The van der Waals surface area contributed by atoms with Crippen LogP contribution in [0.1, 0.15) is 11.3 Å². The maximum absolute atomic E-state index is 11.9. The van der Waals surface area contributed by atoms with Crippen LogP contribution < -0.4 is 10.3 Å². The molecule has 0 atom stereocenters. The van der Waals surface area contributed by atoms with E-state index in [2.05, 4.69) is 9.82 Å². The van der Waals surface area contributed by atoms with Crippen LogP contribution in [0.2, 0.25) is 0 Å². The molecule has 0 aliphatic heterocycles. The predicted molar refractivity (Wildman–Crippen MR) is 80.3 cm³/mol. The number of nitrogens with zero attached hydrogens (tertiary/aromatic N) is 2. The Morgan fingerprint density at radius 3 is 2.57 bits per heavy atom. The average molecular weight is 307 g/mol. The zero-order valence-electron chi connectivity index (χ0n) is 11.7. The molecule has 0 saturated carbocycles. The second-order valence-electron chi connectivity index (χ2n) is 4.68. The van der Waals surface area contributed by atoms with Gasteiger partial charge in [0.1, 0.15) is 0 Å². The highest BCUT2D eigenvalue weighted by Gasteiger charge is 2.10. The van der Waals surface area contributed by atoms with E-state index in [4.69, 9.17) is 0 Å². The number of hydrogen-bond acceptors (Lipinski definition) is 4. The highest BCUT2D eigenvalue weighted by molar-refractivity contribution is 7.88. The second kappa shape index (κ2) is 6.64. The largest absolute Gasteiger partial charge is 0.268 e. The van der Waals surface area contributed by atoms with E-state index < -0.39 is 10.0 Å². The van der Waals surface area contributed by atoms with E-state index in [9.17, 15) is 13.2 Å². The van der Waals surface area contributed by atoms with Crippen molar-refractivity contribution in [2.45, 2.75) is 19.2 Å². The normalized spacial score (nSPS) is 11.5. The Labute approximate surface area is 123 Å². The van der Waals surface area contributed by atoms with Crippen LogP contribution in [0.25, 0.3) is 0 Å². The van der Waals surface area contributed by atoms with E-state index in [0.717, 1.165) is 5.56 Å². The highest BCUT2D eigenvalue weighted by Crippen LogP contribution is 2.03. The lowest BCUT2D eigenvalue weighted by Crippen LogP contribution is -2.32. The van der Waals surface area contributed by atoms with Gasteiger partial charge in [-0.15, -0.1) is 0 Å². The van der Waals surface area contributed by atoms with Gasteiger partial charge >= 0.3 is 0 Å². The molecule has 21 heavy (non-hydrogen) atoms. The molecular formula is C14H17N3O3S. The summed E-state index contributed by atoms with van der Waals surface area (Å²) in [4.78, 5) is 11.5. The van der Waals surface area contributed by atoms with Gasteiger partial charge in [-0.2, -0.15) is 5.10 Å². The van der Waals surface area contributed by atoms with E-state index in [1.54, 1.807) is 37.3 Å². The minimum absolute atomic E-state index is 0.0794. The van der Waals surface area contributed by atoms with E-state index in [0.29, 0.717) is 5.69 Å². The number of hydrogen-bond donors (Lipinski definition) is 1. The summed E-state index contributed by atoms with van der Waals surface area (Å²) in [5.41, 5.74) is 1.18. The number of rotatable bonds is 6. The Morgan fingerprint density at radius 1 is 1.14 bits per heavy atom. The maximum Gasteiger partial charge on any atom is 0.266 e. The summed E-state index contributed by atoms with van der Waals surface area (Å²) in [6, 6.07) is 12.0. The van der Waals surface area contributed by atoms with Gasteiger partial charge in [0.05, 0.1) is 18.0 Å². The molecule has 7 heteroatoms. The van der Waals surface area contributed by atoms with E-state index in [-0.39, 0.29) is 24.4 Å². The molecule has 0 amide bonds. The first-order valence-corrected chi connectivity index (χ1v) is 8.17. The van der Waals surface area contributed by atoms with E-state index in [1.807, 2.05) is 6.07 Å². The van der Waals surface area contributed by atoms with Crippen LogP contribution >= 0.6 is 0 Å². The molecule has 0 spiro atoms. The van der Waals surface area contributed by atoms with Gasteiger partial charge in [0.15, 0.2) is 0 Å². The van der Waals surface area contributed by atoms with Crippen molar-refractivity contribution in [2.24, 2.45) is 0 Å². The molecule has 0 radical (unpaired) electrons. The van der Waals surface area contributed by atoms with Gasteiger partial charge in [-0.25, -0.2) is 17.8 Å². The van der Waals surface area contributed by atoms with Crippen LogP contribution in [0.4, 0.5) is 0 Å². The van der Waals surface area contributed by atoms with Crippen molar-refractivity contribution >= 4 is 10.0 Å². The van der Waals surface area contributed by atoms with Gasteiger partial charge in [0.25, 0.3) is 5.56 Å². The molecule has 1 aromatic heterocycles. The van der Waals surface area contributed by atoms with Gasteiger partial charge in [-0.1, -0.05) is 30.3 Å². The van der Waals surface area contributed by atoms with Gasteiger partial charge < -0.3 is 0 Å². The lowest BCUT2D eigenvalue weighted by molar-refractivity contribution is 0.543. The van der Waals surface area contributed by atoms with Crippen molar-refractivity contribution in [1.29, 1.82) is 0 Å². The second-order valence-corrected chi connectivity index (χ2v) is 6.48. The van der Waals surface area contributed by atoms with Crippen LogP contribution in [0.5, 0.6) is 0 Å². The van der Waals surface area contributed by atoms with Gasteiger partial charge in [0, 0.05) is 12.6 Å². The van der Waals surface area contributed by atoms with Crippen molar-refractivity contribution in [3.63, 3.8) is 0 Å². The summed E-state index contributed by atoms with van der Waals surface area (Å²) in [6.45, 7) is 2.11. The number of aromatic nitrogens is 2. The van der Waals surface area contributed by atoms with Crippen LogP contribution in [0.3, 0.4) is 0 Å². The Hall–Kier alpha value is -1.99. The molecule has 6 nitrogen and oxygen atoms in total. The zero-order valence-corrected chi connectivity index (χ0v) is 12.5. The first kappa shape index (κ1) is 15.4. The predicted octanol–water partition coefficient (Wildman–Crippen LogP) is 0.671. The van der Waals surface area contributed by atoms with E-state index >= 15 is 0 Å². The summed E-state index contributed by atoms with van der Waals surface area (Å²) >= 11 is 0. The number of aryl methyl sites for hydroxylation is 1. The molecule has 1 N–H and O–H groups in total. The molecule has 0 bridgehead atoms. The van der Waals surface area contributed by atoms with Crippen LogP contribution in [0, 0.1) is 6.92 Å². The Morgan fingerprint density at radius 2 is 1.86 bits per heavy atom. The number of nitrogens with one attached hydrogen (secondary N) is 1. The quantitative estimate of drug-likeness (QED) is 0.850. The van der Waals surface area contributed by atoms with Gasteiger partial charge in [-0.3, -0.25) is 4.79 Å². The Balaban J connectivity index is 1.93. The Kier molecular flexibility index (Phi) is 4.87. The molecule has 1 aromatic carbocycles.